The lowest BCUT2D eigenvalue weighted by Gasteiger charge is -2.15. The Hall–Kier alpha value is -2.40. The van der Waals surface area contributed by atoms with Gasteiger partial charge in [0.25, 0.3) is 0 Å². The SMILES string of the molecule is CCCC/C=C/C/C=C/CCCCCCCC(=O)OC[C@H](CO)OC(=O)CCCCCC/C=C/C/C=C/C/C=C/CCCCC. The molecule has 0 saturated carbocycles. The number of carbonyl (C=O) groups excluding carboxylic acids is 2. The van der Waals surface area contributed by atoms with E-state index in [4.69, 9.17) is 9.47 Å². The molecule has 258 valence electrons. The van der Waals surface area contributed by atoms with Crippen LogP contribution in [0.1, 0.15) is 162 Å². The summed E-state index contributed by atoms with van der Waals surface area (Å²) in [6.07, 6.45) is 45.5. The van der Waals surface area contributed by atoms with Crippen molar-refractivity contribution in [2.24, 2.45) is 0 Å². The minimum absolute atomic E-state index is 0.0848. The number of unbranched alkanes of at least 4 members (excludes halogenated alkanes) is 14. The van der Waals surface area contributed by atoms with Gasteiger partial charge in [0.1, 0.15) is 6.61 Å². The summed E-state index contributed by atoms with van der Waals surface area (Å²) in [5.74, 6) is -0.638. The zero-order valence-electron chi connectivity index (χ0n) is 29.1. The Morgan fingerprint density at radius 3 is 1.40 bits per heavy atom. The number of hydrogen-bond donors (Lipinski definition) is 1. The van der Waals surface area contributed by atoms with Crippen molar-refractivity contribution in [3.8, 4) is 0 Å². The van der Waals surface area contributed by atoms with E-state index >= 15 is 0 Å². The molecule has 0 amide bonds. The van der Waals surface area contributed by atoms with Crippen LogP contribution >= 0.6 is 0 Å². The Morgan fingerprint density at radius 1 is 0.511 bits per heavy atom. The topological polar surface area (TPSA) is 72.8 Å². The first kappa shape index (κ1) is 42.6. The number of aliphatic hydroxyl groups excluding tert-OH is 1. The van der Waals surface area contributed by atoms with Crippen molar-refractivity contribution in [1.29, 1.82) is 0 Å². The van der Waals surface area contributed by atoms with Gasteiger partial charge in [0.2, 0.25) is 0 Å². The van der Waals surface area contributed by atoms with Crippen molar-refractivity contribution in [2.75, 3.05) is 13.2 Å². The van der Waals surface area contributed by atoms with Gasteiger partial charge in [-0.2, -0.15) is 0 Å². The average molecular weight is 629 g/mol. The van der Waals surface area contributed by atoms with Crippen molar-refractivity contribution in [1.82, 2.24) is 0 Å². The molecule has 0 aromatic rings. The number of aliphatic hydroxyl groups is 1. The van der Waals surface area contributed by atoms with Gasteiger partial charge in [-0.3, -0.25) is 9.59 Å². The number of allylic oxidation sites excluding steroid dienone is 10. The Morgan fingerprint density at radius 2 is 0.911 bits per heavy atom. The van der Waals surface area contributed by atoms with Crippen LogP contribution in [0.5, 0.6) is 0 Å². The molecular weight excluding hydrogens is 560 g/mol. The minimum atomic E-state index is -0.790. The number of ether oxygens (including phenoxy) is 2. The molecule has 45 heavy (non-hydrogen) atoms. The molecule has 0 aliphatic heterocycles. The second-order valence-electron chi connectivity index (χ2n) is 11.9. The predicted molar refractivity (Wildman–Crippen MR) is 191 cm³/mol. The van der Waals surface area contributed by atoms with E-state index in [2.05, 4.69) is 74.6 Å². The second kappa shape index (κ2) is 36.1. The molecule has 0 heterocycles. The van der Waals surface area contributed by atoms with E-state index in [-0.39, 0.29) is 25.2 Å². The maximum Gasteiger partial charge on any atom is 0.306 e. The van der Waals surface area contributed by atoms with Crippen molar-refractivity contribution in [3.05, 3.63) is 60.8 Å². The lowest BCUT2D eigenvalue weighted by atomic mass is 10.1. The van der Waals surface area contributed by atoms with Crippen LogP contribution < -0.4 is 0 Å². The summed E-state index contributed by atoms with van der Waals surface area (Å²) >= 11 is 0. The van der Waals surface area contributed by atoms with Crippen LogP contribution in [0.4, 0.5) is 0 Å². The van der Waals surface area contributed by atoms with Crippen molar-refractivity contribution in [2.45, 2.75) is 168 Å². The summed E-state index contributed by atoms with van der Waals surface area (Å²) in [4.78, 5) is 24.2. The van der Waals surface area contributed by atoms with E-state index in [9.17, 15) is 14.7 Å². The highest BCUT2D eigenvalue weighted by Crippen LogP contribution is 2.11. The van der Waals surface area contributed by atoms with Crippen molar-refractivity contribution >= 4 is 11.9 Å². The van der Waals surface area contributed by atoms with E-state index in [1.807, 2.05) is 0 Å². The zero-order chi connectivity index (χ0) is 32.9. The first-order valence-corrected chi connectivity index (χ1v) is 18.3. The summed E-state index contributed by atoms with van der Waals surface area (Å²) in [6, 6.07) is 0. The smallest absolute Gasteiger partial charge is 0.306 e. The lowest BCUT2D eigenvalue weighted by Crippen LogP contribution is -2.28. The number of rotatable bonds is 32. The van der Waals surface area contributed by atoms with Gasteiger partial charge in [-0.25, -0.2) is 0 Å². The van der Waals surface area contributed by atoms with Gasteiger partial charge in [0.15, 0.2) is 6.10 Å². The standard InChI is InChI=1S/C40H68O5/c1-3-5-7-9-11-13-15-17-19-20-21-23-25-27-29-31-33-35-40(43)45-38(36-41)37-44-39(42)34-32-30-28-26-24-22-18-16-14-12-10-8-6-4-2/h10-13,16-19,21,23,38,41H,3-9,14-15,20,22,24-37H2,1-2H3/b12-10+,13-11+,18-16+,19-17+,23-21+/t38-/m0/s1. The van der Waals surface area contributed by atoms with E-state index < -0.39 is 6.10 Å². The summed E-state index contributed by atoms with van der Waals surface area (Å²) in [7, 11) is 0. The lowest BCUT2D eigenvalue weighted by molar-refractivity contribution is -0.161. The Bertz CT molecular complexity index is 808. The largest absolute Gasteiger partial charge is 0.462 e. The van der Waals surface area contributed by atoms with Crippen LogP contribution in [0, 0.1) is 0 Å². The Kier molecular flexibility index (Phi) is 34.1. The maximum atomic E-state index is 12.1. The summed E-state index contributed by atoms with van der Waals surface area (Å²) in [5, 5.41) is 9.53. The molecule has 1 atom stereocenters. The van der Waals surface area contributed by atoms with Crippen LogP contribution in [0.25, 0.3) is 0 Å². The minimum Gasteiger partial charge on any atom is -0.462 e. The quantitative estimate of drug-likeness (QED) is 0.0456. The molecule has 0 unspecified atom stereocenters. The summed E-state index contributed by atoms with van der Waals surface area (Å²) in [6.45, 7) is 4.02. The first-order chi connectivity index (χ1) is 22.1. The summed E-state index contributed by atoms with van der Waals surface area (Å²) < 4.78 is 10.6. The van der Waals surface area contributed by atoms with Crippen molar-refractivity contribution in [3.63, 3.8) is 0 Å². The molecular formula is C40H68O5. The van der Waals surface area contributed by atoms with Crippen LogP contribution in [-0.4, -0.2) is 36.4 Å². The van der Waals surface area contributed by atoms with Gasteiger partial charge >= 0.3 is 11.9 Å². The van der Waals surface area contributed by atoms with Crippen LogP contribution in [0.3, 0.4) is 0 Å². The van der Waals surface area contributed by atoms with Gasteiger partial charge in [0.05, 0.1) is 6.61 Å². The van der Waals surface area contributed by atoms with Crippen molar-refractivity contribution < 1.29 is 24.2 Å². The summed E-state index contributed by atoms with van der Waals surface area (Å²) in [5.41, 5.74) is 0. The fourth-order valence-electron chi connectivity index (χ4n) is 4.69. The van der Waals surface area contributed by atoms with Gasteiger partial charge in [-0.1, -0.05) is 132 Å². The Labute approximate surface area is 277 Å². The fraction of sp³-hybridized carbons (Fsp3) is 0.700. The van der Waals surface area contributed by atoms with Gasteiger partial charge in [0, 0.05) is 12.8 Å². The number of carbonyl (C=O) groups is 2. The molecule has 1 N–H and O–H groups in total. The fourth-order valence-corrected chi connectivity index (χ4v) is 4.69. The molecule has 0 aliphatic rings. The first-order valence-electron chi connectivity index (χ1n) is 18.3. The molecule has 0 aromatic heterocycles. The van der Waals surface area contributed by atoms with E-state index in [0.717, 1.165) is 77.0 Å². The molecule has 5 heteroatoms. The average Bonchev–Trinajstić information content (AvgIpc) is 3.04. The van der Waals surface area contributed by atoms with Crippen LogP contribution in [0.2, 0.25) is 0 Å². The molecule has 0 rings (SSSR count). The normalized spacial score (nSPS) is 12.9. The van der Waals surface area contributed by atoms with Crippen LogP contribution in [-0.2, 0) is 19.1 Å². The molecule has 0 aliphatic carbocycles. The van der Waals surface area contributed by atoms with E-state index in [1.165, 1.54) is 57.8 Å². The highest BCUT2D eigenvalue weighted by Gasteiger charge is 2.16. The number of esters is 2. The molecule has 0 saturated heterocycles. The van der Waals surface area contributed by atoms with Gasteiger partial charge in [-0.05, 0) is 77.0 Å². The van der Waals surface area contributed by atoms with Gasteiger partial charge in [-0.15, -0.1) is 0 Å². The highest BCUT2D eigenvalue weighted by atomic mass is 16.6. The van der Waals surface area contributed by atoms with Crippen LogP contribution in [0.15, 0.2) is 60.8 Å². The third kappa shape index (κ3) is 34.3. The monoisotopic (exact) mass is 629 g/mol. The highest BCUT2D eigenvalue weighted by molar-refractivity contribution is 5.70. The predicted octanol–water partition coefficient (Wildman–Crippen LogP) is 11.2. The molecule has 5 nitrogen and oxygen atoms in total. The molecule has 0 fully saturated rings. The second-order valence-corrected chi connectivity index (χ2v) is 11.9. The van der Waals surface area contributed by atoms with E-state index in [0.29, 0.717) is 12.8 Å². The molecule has 0 spiro atoms. The Balaban J connectivity index is 3.67. The number of hydrogen-bond acceptors (Lipinski definition) is 5. The van der Waals surface area contributed by atoms with E-state index in [1.54, 1.807) is 0 Å². The maximum absolute atomic E-state index is 12.1. The van der Waals surface area contributed by atoms with Gasteiger partial charge < -0.3 is 14.6 Å². The molecule has 0 aromatic carbocycles. The zero-order valence-corrected chi connectivity index (χ0v) is 29.1. The molecule has 0 radical (unpaired) electrons. The molecule has 0 bridgehead atoms. The third-order valence-electron chi connectivity index (χ3n) is 7.53. The third-order valence-corrected chi connectivity index (χ3v) is 7.53.